The molecule has 0 spiro atoms. The largest absolute Gasteiger partial charge is 0.508 e. The number of carbonyl (C=O) groups excluding carboxylic acids is 4. The highest BCUT2D eigenvalue weighted by atomic mass is 16.3. The van der Waals surface area contributed by atoms with Crippen LogP contribution >= 0.6 is 0 Å². The number of phenols is 1. The van der Waals surface area contributed by atoms with E-state index in [4.69, 9.17) is 0 Å². The van der Waals surface area contributed by atoms with Crippen LogP contribution < -0.4 is 0 Å². The minimum Gasteiger partial charge on any atom is -0.508 e. The molecule has 3 aliphatic carbocycles. The molecule has 0 radical (unpaired) electrons. The van der Waals surface area contributed by atoms with Gasteiger partial charge in [0.25, 0.3) is 0 Å². The van der Waals surface area contributed by atoms with Crippen LogP contribution in [0.15, 0.2) is 59.4 Å². The van der Waals surface area contributed by atoms with Crippen molar-refractivity contribution in [2.24, 2.45) is 22.7 Å². The number of hydrogen-bond acceptors (Lipinski definition) is 8. The lowest BCUT2D eigenvalue weighted by Crippen LogP contribution is -2.69. The molecule has 0 aliphatic heterocycles. The summed E-state index contributed by atoms with van der Waals surface area (Å²) < 4.78 is 0. The highest BCUT2D eigenvalue weighted by Gasteiger charge is 2.72. The van der Waals surface area contributed by atoms with Crippen LogP contribution in [0.5, 0.6) is 5.75 Å². The molecule has 0 amide bonds. The Morgan fingerprint density at radius 1 is 1.07 bits per heavy atom. The van der Waals surface area contributed by atoms with Gasteiger partial charge in [-0.05, 0) is 66.1 Å². The Bertz CT molecular complexity index is 1740. The molecule has 4 atom stereocenters. The monoisotopic (exact) mass is 598 g/mol. The van der Waals surface area contributed by atoms with Crippen molar-refractivity contribution in [2.75, 3.05) is 0 Å². The normalized spacial score (nSPS) is 28.3. The van der Waals surface area contributed by atoms with Crippen molar-refractivity contribution in [3.63, 3.8) is 0 Å². The molecule has 2 aromatic rings. The van der Waals surface area contributed by atoms with E-state index in [1.165, 1.54) is 12.1 Å². The Kier molecular flexibility index (Phi) is 7.36. The summed E-state index contributed by atoms with van der Waals surface area (Å²) in [6.45, 7) is 9.79. The Morgan fingerprint density at radius 3 is 2.36 bits per heavy atom. The van der Waals surface area contributed by atoms with Crippen molar-refractivity contribution in [1.82, 2.24) is 0 Å². The zero-order valence-corrected chi connectivity index (χ0v) is 25.8. The lowest BCUT2D eigenvalue weighted by atomic mass is 9.43. The van der Waals surface area contributed by atoms with Crippen LogP contribution in [0.25, 0.3) is 23.0 Å². The van der Waals surface area contributed by atoms with E-state index in [0.717, 1.165) is 18.1 Å². The number of allylic oxidation sites excluding steroid dienone is 2. The third-order valence-corrected chi connectivity index (χ3v) is 9.90. The van der Waals surface area contributed by atoms with E-state index in [1.54, 1.807) is 46.8 Å². The number of carbonyl (C=O) groups is 4. The fourth-order valence-corrected chi connectivity index (χ4v) is 8.11. The first kappa shape index (κ1) is 31.1. The Balaban J connectivity index is 1.75. The predicted molar refractivity (Wildman–Crippen MR) is 166 cm³/mol. The molecule has 44 heavy (non-hydrogen) atoms. The second-order valence-electron chi connectivity index (χ2n) is 13.2. The molecule has 2 aromatic carbocycles. The number of aliphatic hydroxyl groups excluding tert-OH is 2. The van der Waals surface area contributed by atoms with E-state index in [1.807, 2.05) is 24.3 Å². The van der Waals surface area contributed by atoms with Crippen LogP contribution in [0, 0.1) is 22.7 Å². The van der Waals surface area contributed by atoms with Crippen LogP contribution in [0.3, 0.4) is 0 Å². The van der Waals surface area contributed by atoms with Crippen molar-refractivity contribution in [2.45, 2.75) is 66.4 Å². The molecular formula is C36H38O8. The van der Waals surface area contributed by atoms with Gasteiger partial charge in [0, 0.05) is 28.7 Å². The summed E-state index contributed by atoms with van der Waals surface area (Å²) in [7, 11) is 0. The number of benzene rings is 2. The van der Waals surface area contributed by atoms with Crippen LogP contribution in [0.4, 0.5) is 0 Å². The zero-order valence-electron chi connectivity index (χ0n) is 25.8. The van der Waals surface area contributed by atoms with Gasteiger partial charge < -0.3 is 20.4 Å². The molecule has 5 rings (SSSR count). The lowest BCUT2D eigenvalue weighted by molar-refractivity contribution is -0.178. The topological polar surface area (TPSA) is 149 Å². The molecule has 8 nitrogen and oxygen atoms in total. The van der Waals surface area contributed by atoms with Gasteiger partial charge >= 0.3 is 0 Å². The van der Waals surface area contributed by atoms with Gasteiger partial charge in [-0.3, -0.25) is 19.2 Å². The molecule has 0 heterocycles. The molecule has 230 valence electrons. The van der Waals surface area contributed by atoms with Crippen molar-refractivity contribution in [1.29, 1.82) is 0 Å². The number of aromatic hydroxyl groups is 1. The van der Waals surface area contributed by atoms with Crippen molar-refractivity contribution in [3.8, 4) is 16.9 Å². The van der Waals surface area contributed by atoms with E-state index in [2.05, 4.69) is 0 Å². The minimum absolute atomic E-state index is 0.0134. The summed E-state index contributed by atoms with van der Waals surface area (Å²) in [5.74, 6) is -5.55. The first-order chi connectivity index (χ1) is 20.5. The number of ketones is 4. The van der Waals surface area contributed by atoms with Crippen molar-refractivity contribution in [3.05, 3.63) is 76.1 Å². The average molecular weight is 599 g/mol. The quantitative estimate of drug-likeness (QED) is 0.239. The summed E-state index contributed by atoms with van der Waals surface area (Å²) in [5, 5.41) is 46.3. The fourth-order valence-electron chi connectivity index (χ4n) is 8.11. The van der Waals surface area contributed by atoms with Crippen molar-refractivity contribution < 1.29 is 39.6 Å². The molecular weight excluding hydrogens is 560 g/mol. The van der Waals surface area contributed by atoms with Crippen LogP contribution in [-0.2, 0) is 25.6 Å². The van der Waals surface area contributed by atoms with Gasteiger partial charge in [-0.15, -0.1) is 0 Å². The Labute approximate surface area is 256 Å². The fraction of sp³-hybridized carbons (Fsp3) is 0.389. The van der Waals surface area contributed by atoms with Crippen LogP contribution in [0.1, 0.15) is 71.1 Å². The van der Waals surface area contributed by atoms with E-state index < -0.39 is 62.7 Å². The second kappa shape index (κ2) is 10.4. The summed E-state index contributed by atoms with van der Waals surface area (Å²) in [6, 6.07) is 10.6. The second-order valence-corrected chi connectivity index (χ2v) is 13.2. The van der Waals surface area contributed by atoms with Gasteiger partial charge in [0.05, 0.1) is 5.56 Å². The first-order valence-electron chi connectivity index (χ1n) is 14.9. The van der Waals surface area contributed by atoms with Gasteiger partial charge in [0.1, 0.15) is 22.8 Å². The summed E-state index contributed by atoms with van der Waals surface area (Å²) in [6.07, 6.45) is 3.80. The number of Topliss-reactive ketones (excluding diaryl/α,β-unsaturated/α-hetero) is 3. The summed E-state index contributed by atoms with van der Waals surface area (Å²) in [5.41, 5.74) is -3.21. The Morgan fingerprint density at radius 2 is 1.75 bits per heavy atom. The summed E-state index contributed by atoms with van der Waals surface area (Å²) in [4.78, 5) is 52.6. The molecule has 1 fully saturated rings. The maximum absolute atomic E-state index is 14.5. The third kappa shape index (κ3) is 4.22. The predicted octanol–water partition coefficient (Wildman–Crippen LogP) is 5.85. The SMILES string of the molecule is CCC(=O)/C=C/c1cccc(-c2ccc(O)c3c2C[C@]2(C)C[C@]4(C)C(C(C)C)C(=O)C(C(C)=O)=C(O)[C@]4(O)C(=O)C2=C3O)c1. The third-order valence-electron chi connectivity index (χ3n) is 9.90. The molecule has 1 saturated carbocycles. The minimum atomic E-state index is -2.65. The van der Waals surface area contributed by atoms with Gasteiger partial charge in [-0.25, -0.2) is 0 Å². The average Bonchev–Trinajstić information content (AvgIpc) is 2.93. The molecule has 4 N–H and O–H groups in total. The number of hydrogen-bond donors (Lipinski definition) is 4. The van der Waals surface area contributed by atoms with Crippen LogP contribution in [-0.4, -0.2) is 49.2 Å². The van der Waals surface area contributed by atoms with E-state index in [0.29, 0.717) is 17.5 Å². The van der Waals surface area contributed by atoms with Crippen LogP contribution in [0.2, 0.25) is 0 Å². The lowest BCUT2D eigenvalue weighted by Gasteiger charge is -2.59. The summed E-state index contributed by atoms with van der Waals surface area (Å²) >= 11 is 0. The first-order valence-corrected chi connectivity index (χ1v) is 14.9. The van der Waals surface area contributed by atoms with E-state index in [9.17, 15) is 39.6 Å². The van der Waals surface area contributed by atoms with E-state index in [-0.39, 0.29) is 35.5 Å². The smallest absolute Gasteiger partial charge is 0.203 e. The maximum atomic E-state index is 14.5. The van der Waals surface area contributed by atoms with Gasteiger partial charge in [-0.2, -0.15) is 0 Å². The highest BCUT2D eigenvalue weighted by Crippen LogP contribution is 2.65. The maximum Gasteiger partial charge on any atom is 0.203 e. The molecule has 1 unspecified atom stereocenters. The number of phenolic OH excluding ortho intramolecular Hbond substituents is 1. The number of aliphatic hydroxyl groups is 3. The zero-order chi connectivity index (χ0) is 32.5. The number of rotatable bonds is 6. The molecule has 0 bridgehead atoms. The van der Waals surface area contributed by atoms with Gasteiger partial charge in [-0.1, -0.05) is 65.0 Å². The molecule has 0 saturated heterocycles. The Hall–Kier alpha value is -4.30. The number of fused-ring (bicyclic) bond motifs is 3. The van der Waals surface area contributed by atoms with Gasteiger partial charge in [0.2, 0.25) is 5.78 Å². The molecule has 8 heteroatoms. The van der Waals surface area contributed by atoms with Crippen molar-refractivity contribution >= 4 is 35.0 Å². The highest BCUT2D eigenvalue weighted by molar-refractivity contribution is 6.24. The molecule has 3 aliphatic rings. The van der Waals surface area contributed by atoms with E-state index >= 15 is 0 Å². The standard InChI is InChI=1S/C36H38O8/c1-7-22(38)12-11-20-9-8-10-21(15-20)23-13-14-25(39)27-24(23)16-34(5)17-35(6)28(18(2)3)30(40)26(19(4)37)32(42)36(35,44)33(43)29(34)31(27)41/h8-15,18,28,39,41-42,44H,7,16-17H2,1-6H3/b12-11+/t28?,34-,35-,36+/m1/s1. The van der Waals surface area contributed by atoms with Gasteiger partial charge in [0.15, 0.2) is 23.0 Å². The molecule has 0 aromatic heterocycles.